The molecular formula is C24H20N4O3S. The minimum atomic E-state index is -2.01. The second kappa shape index (κ2) is 7.57. The van der Waals surface area contributed by atoms with E-state index in [1.807, 2.05) is 18.4 Å². The van der Waals surface area contributed by atoms with Crippen molar-refractivity contribution in [2.24, 2.45) is 10.8 Å². The number of fused-ring (bicyclic) bond motifs is 2. The molecule has 2 heterocycles. The molecule has 0 aliphatic carbocycles. The van der Waals surface area contributed by atoms with Gasteiger partial charge < -0.3 is 14.2 Å². The first-order valence-corrected chi connectivity index (χ1v) is 11.1. The average molecular weight is 445 g/mol. The van der Waals surface area contributed by atoms with E-state index in [4.69, 9.17) is 19.6 Å². The van der Waals surface area contributed by atoms with Gasteiger partial charge in [0, 0.05) is 11.8 Å². The summed E-state index contributed by atoms with van der Waals surface area (Å²) in [6, 6.07) is 20.5. The summed E-state index contributed by atoms with van der Waals surface area (Å²) in [5.41, 5.74) is -2.70. The predicted octanol–water partition coefficient (Wildman–Crippen LogP) is 4.54. The van der Waals surface area contributed by atoms with Crippen LogP contribution < -0.4 is 4.74 Å². The van der Waals surface area contributed by atoms with Crippen LogP contribution in [0.3, 0.4) is 0 Å². The number of ether oxygens (including phenoxy) is 3. The van der Waals surface area contributed by atoms with Gasteiger partial charge in [-0.05, 0) is 41.6 Å². The van der Waals surface area contributed by atoms with Crippen molar-refractivity contribution in [1.82, 2.24) is 0 Å². The van der Waals surface area contributed by atoms with Gasteiger partial charge in [-0.3, -0.25) is 5.41 Å². The highest BCUT2D eigenvalue weighted by atomic mass is 32.2. The fraction of sp³-hybridized carbons (Fsp3) is 0.333. The number of nitrogens with zero attached hydrogens (tertiary/aromatic N) is 3. The van der Waals surface area contributed by atoms with E-state index in [9.17, 15) is 15.8 Å². The average Bonchev–Trinajstić information content (AvgIpc) is 3.01. The van der Waals surface area contributed by atoms with Gasteiger partial charge in [-0.25, -0.2) is 0 Å². The lowest BCUT2D eigenvalue weighted by Gasteiger charge is -2.48. The molecule has 2 aliphatic rings. The molecule has 160 valence electrons. The summed E-state index contributed by atoms with van der Waals surface area (Å²) >= 11 is 1.56. The molecule has 0 radical (unpaired) electrons. The van der Waals surface area contributed by atoms with Crippen LogP contribution >= 0.6 is 11.8 Å². The van der Waals surface area contributed by atoms with Gasteiger partial charge in [-0.15, -0.1) is 11.8 Å². The first-order valence-electron chi connectivity index (χ1n) is 9.83. The summed E-state index contributed by atoms with van der Waals surface area (Å²) in [7, 11) is 1.54. The van der Waals surface area contributed by atoms with E-state index in [2.05, 4.69) is 18.2 Å². The van der Waals surface area contributed by atoms with E-state index in [0.717, 1.165) is 4.90 Å². The van der Waals surface area contributed by atoms with Crippen LogP contribution in [0.2, 0.25) is 0 Å². The Labute approximate surface area is 190 Å². The van der Waals surface area contributed by atoms with Crippen molar-refractivity contribution in [2.75, 3.05) is 13.4 Å². The zero-order chi connectivity index (χ0) is 23.1. The molecule has 4 rings (SSSR count). The molecule has 1 N–H and O–H groups in total. The smallest absolute Gasteiger partial charge is 0.218 e. The van der Waals surface area contributed by atoms with Gasteiger partial charge in [0.2, 0.25) is 17.1 Å². The molecular weight excluding hydrogens is 424 g/mol. The highest BCUT2D eigenvalue weighted by Gasteiger charge is 2.79. The van der Waals surface area contributed by atoms with Crippen LogP contribution in [0.1, 0.15) is 30.1 Å². The Morgan fingerprint density at radius 3 is 2.06 bits per heavy atom. The number of benzene rings is 2. The lowest BCUT2D eigenvalue weighted by molar-refractivity contribution is -0.253. The Morgan fingerprint density at radius 2 is 1.56 bits per heavy atom. The minimum absolute atomic E-state index is 0.436. The van der Waals surface area contributed by atoms with Gasteiger partial charge >= 0.3 is 0 Å². The Morgan fingerprint density at radius 1 is 0.969 bits per heavy atom. The molecule has 0 saturated carbocycles. The lowest BCUT2D eigenvalue weighted by atomic mass is 9.52. The van der Waals surface area contributed by atoms with E-state index in [-0.39, 0.29) is 0 Å². The quantitative estimate of drug-likeness (QED) is 0.687. The number of nitriles is 3. The maximum Gasteiger partial charge on any atom is 0.218 e. The molecule has 2 bridgehead atoms. The summed E-state index contributed by atoms with van der Waals surface area (Å²) in [4.78, 5) is 1.01. The third-order valence-corrected chi connectivity index (χ3v) is 7.13. The third-order valence-electron chi connectivity index (χ3n) is 6.38. The number of nitrogens with one attached hydrogen (secondary N) is 1. The van der Waals surface area contributed by atoms with Gasteiger partial charge in [0.05, 0.1) is 31.2 Å². The summed E-state index contributed by atoms with van der Waals surface area (Å²) in [6.07, 6.45) is 0.858. The number of hydrogen-bond donors (Lipinski definition) is 1. The van der Waals surface area contributed by atoms with Crippen LogP contribution in [-0.4, -0.2) is 25.1 Å². The molecule has 2 fully saturated rings. The second-order valence-electron chi connectivity index (χ2n) is 7.88. The van der Waals surface area contributed by atoms with Crippen LogP contribution in [0.5, 0.6) is 5.75 Å². The van der Waals surface area contributed by atoms with Gasteiger partial charge in [0.15, 0.2) is 5.41 Å². The molecule has 2 aromatic rings. The van der Waals surface area contributed by atoms with Crippen molar-refractivity contribution in [2.45, 2.75) is 29.6 Å². The molecule has 2 aliphatic heterocycles. The van der Waals surface area contributed by atoms with Crippen molar-refractivity contribution in [3.8, 4) is 24.0 Å². The first-order chi connectivity index (χ1) is 15.4. The van der Waals surface area contributed by atoms with Crippen LogP contribution in [-0.2, 0) is 9.47 Å². The zero-order valence-electron chi connectivity index (χ0n) is 17.7. The SMILES string of the molecule is COc1ccc(C2C3(C)OC(=N)C2(C#N)C(C#N)(C#N)C(c2ccc(SC)cc2)O3)cc1. The van der Waals surface area contributed by atoms with Crippen molar-refractivity contribution < 1.29 is 14.2 Å². The van der Waals surface area contributed by atoms with Crippen molar-refractivity contribution >= 4 is 17.7 Å². The first kappa shape index (κ1) is 21.7. The molecule has 0 aromatic heterocycles. The minimum Gasteiger partial charge on any atom is -0.497 e. The molecule has 2 aromatic carbocycles. The standard InChI is InChI=1S/C24H20N4O3S/c1-22-19(15-4-8-17(29-2)9-5-15)24(14-27,21(28)31-22)23(12-25,13-26)20(30-22)16-6-10-18(32-3)11-7-16/h4-11,19-20,28H,1-3H3. The fourth-order valence-corrected chi connectivity index (χ4v) is 5.27. The Kier molecular flexibility index (Phi) is 5.13. The third kappa shape index (κ3) is 2.66. The Hall–Kier alpha value is -3.51. The molecule has 4 atom stereocenters. The van der Waals surface area contributed by atoms with Crippen LogP contribution in [0.25, 0.3) is 0 Å². The van der Waals surface area contributed by atoms with Crippen molar-refractivity contribution in [3.63, 3.8) is 0 Å². The molecule has 0 spiro atoms. The molecule has 0 amide bonds. The molecule has 8 heteroatoms. The Balaban J connectivity index is 1.97. The predicted molar refractivity (Wildman–Crippen MR) is 117 cm³/mol. The zero-order valence-corrected chi connectivity index (χ0v) is 18.6. The van der Waals surface area contributed by atoms with Gasteiger partial charge in [0.1, 0.15) is 11.9 Å². The molecule has 32 heavy (non-hydrogen) atoms. The fourth-order valence-electron chi connectivity index (χ4n) is 4.86. The molecule has 2 saturated heterocycles. The summed E-state index contributed by atoms with van der Waals surface area (Å²) in [6.45, 7) is 1.65. The van der Waals surface area contributed by atoms with Crippen LogP contribution in [0.4, 0.5) is 0 Å². The summed E-state index contributed by atoms with van der Waals surface area (Å²) in [5.74, 6) is -2.13. The number of hydrogen-bond acceptors (Lipinski definition) is 8. The highest BCUT2D eigenvalue weighted by molar-refractivity contribution is 7.98. The summed E-state index contributed by atoms with van der Waals surface area (Å²) < 4.78 is 17.4. The van der Waals surface area contributed by atoms with Crippen molar-refractivity contribution in [1.29, 1.82) is 21.2 Å². The monoisotopic (exact) mass is 444 g/mol. The number of thioether (sulfide) groups is 1. The van der Waals surface area contributed by atoms with Crippen molar-refractivity contribution in [3.05, 3.63) is 59.7 Å². The topological polar surface area (TPSA) is 123 Å². The van der Waals surface area contributed by atoms with Gasteiger partial charge in [0.25, 0.3) is 0 Å². The van der Waals surface area contributed by atoms with E-state index in [1.54, 1.807) is 62.2 Å². The van der Waals surface area contributed by atoms with Gasteiger partial charge in [-0.2, -0.15) is 15.8 Å². The normalized spacial score (nSPS) is 29.8. The molecule has 7 nitrogen and oxygen atoms in total. The van der Waals surface area contributed by atoms with E-state index >= 15 is 0 Å². The van der Waals surface area contributed by atoms with Crippen LogP contribution in [0, 0.1) is 50.2 Å². The maximum absolute atomic E-state index is 10.5. The largest absolute Gasteiger partial charge is 0.497 e. The number of methoxy groups -OCH3 is 1. The van der Waals surface area contributed by atoms with Crippen LogP contribution in [0.15, 0.2) is 53.4 Å². The number of rotatable bonds is 4. The van der Waals surface area contributed by atoms with Gasteiger partial charge in [-0.1, -0.05) is 24.3 Å². The highest BCUT2D eigenvalue weighted by Crippen LogP contribution is 2.69. The van der Waals surface area contributed by atoms with E-state index < -0.39 is 34.5 Å². The van der Waals surface area contributed by atoms with E-state index in [0.29, 0.717) is 16.9 Å². The van der Waals surface area contributed by atoms with E-state index in [1.165, 1.54) is 0 Å². The second-order valence-corrected chi connectivity index (χ2v) is 8.76. The summed E-state index contributed by atoms with van der Waals surface area (Å²) in [5, 5.41) is 39.8. The lowest BCUT2D eigenvalue weighted by Crippen LogP contribution is -2.57. The maximum atomic E-state index is 10.5. The molecule has 4 unspecified atom stereocenters. The Bertz CT molecular complexity index is 1180.